The Balaban J connectivity index is 1.66. The molecule has 0 aliphatic carbocycles. The maximum atomic E-state index is 13.5. The van der Waals surface area contributed by atoms with Gasteiger partial charge in [-0.15, -0.1) is 0 Å². The quantitative estimate of drug-likeness (QED) is 0.175. The van der Waals surface area contributed by atoms with Crippen LogP contribution in [0.25, 0.3) is 16.5 Å². The summed E-state index contributed by atoms with van der Waals surface area (Å²) in [5.41, 5.74) is 1.74. The molecular weight excluding hydrogens is 478 g/mol. The van der Waals surface area contributed by atoms with Crippen molar-refractivity contribution in [3.05, 3.63) is 108 Å². The highest BCUT2D eigenvalue weighted by Crippen LogP contribution is 2.43. The summed E-state index contributed by atoms with van der Waals surface area (Å²) in [6.45, 7) is 4.71. The number of fused-ring (bicyclic) bond motifs is 1. The third-order valence-corrected chi connectivity index (χ3v) is 6.62. The van der Waals surface area contributed by atoms with Gasteiger partial charge in [0, 0.05) is 11.3 Å². The van der Waals surface area contributed by atoms with E-state index in [0.717, 1.165) is 10.8 Å². The lowest BCUT2D eigenvalue weighted by Gasteiger charge is -2.26. The van der Waals surface area contributed by atoms with Crippen LogP contribution in [-0.2, 0) is 9.59 Å². The lowest BCUT2D eigenvalue weighted by atomic mass is 9.93. The van der Waals surface area contributed by atoms with Crippen LogP contribution in [0.3, 0.4) is 0 Å². The summed E-state index contributed by atoms with van der Waals surface area (Å²) in [5.74, 6) is 0.0408. The molecule has 0 saturated carbocycles. The largest absolute Gasteiger partial charge is 0.507 e. The molecule has 1 unspecified atom stereocenters. The van der Waals surface area contributed by atoms with Gasteiger partial charge in [-0.25, -0.2) is 0 Å². The number of hydrogen-bond donors (Lipinski definition) is 1. The van der Waals surface area contributed by atoms with Crippen LogP contribution in [-0.4, -0.2) is 30.5 Å². The number of rotatable bonds is 7. The minimum atomic E-state index is -0.831. The predicted molar refractivity (Wildman–Crippen MR) is 148 cm³/mol. The maximum absolute atomic E-state index is 13.5. The minimum Gasteiger partial charge on any atom is -0.507 e. The normalized spacial score (nSPS) is 16.8. The van der Waals surface area contributed by atoms with E-state index >= 15 is 0 Å². The number of nitrogens with zero attached hydrogens (tertiary/aromatic N) is 1. The molecule has 4 aromatic rings. The first-order valence-corrected chi connectivity index (χ1v) is 12.5. The SMILES string of the molecule is COc1ccc(C2/C(=C(/O)c3cccc4ccccc34)C(=O)C(=O)N2c2ccc(OCC(C)C)cc2)cc1. The maximum Gasteiger partial charge on any atom is 0.300 e. The van der Waals surface area contributed by atoms with Crippen LogP contribution in [0.15, 0.2) is 96.6 Å². The molecule has 1 amide bonds. The number of anilines is 1. The zero-order valence-corrected chi connectivity index (χ0v) is 21.5. The second-order valence-electron chi connectivity index (χ2n) is 9.67. The molecule has 1 atom stereocenters. The number of carbonyl (C=O) groups is 2. The number of methoxy groups -OCH3 is 1. The fourth-order valence-corrected chi connectivity index (χ4v) is 4.74. The molecule has 1 N–H and O–H groups in total. The lowest BCUT2D eigenvalue weighted by molar-refractivity contribution is -0.132. The Hall–Kier alpha value is -4.58. The van der Waals surface area contributed by atoms with E-state index < -0.39 is 17.7 Å². The Morgan fingerprint density at radius 3 is 2.21 bits per heavy atom. The Morgan fingerprint density at radius 2 is 1.53 bits per heavy atom. The lowest BCUT2D eigenvalue weighted by Crippen LogP contribution is -2.29. The van der Waals surface area contributed by atoms with Gasteiger partial charge >= 0.3 is 0 Å². The van der Waals surface area contributed by atoms with Gasteiger partial charge in [-0.05, 0) is 58.7 Å². The predicted octanol–water partition coefficient (Wildman–Crippen LogP) is 6.51. The summed E-state index contributed by atoms with van der Waals surface area (Å²) in [6, 6.07) is 26.6. The Labute approximate surface area is 221 Å². The van der Waals surface area contributed by atoms with Crippen molar-refractivity contribution >= 4 is 33.9 Å². The summed E-state index contributed by atoms with van der Waals surface area (Å²) < 4.78 is 11.1. The van der Waals surface area contributed by atoms with Gasteiger partial charge in [-0.1, -0.05) is 68.4 Å². The van der Waals surface area contributed by atoms with E-state index in [1.165, 1.54) is 4.90 Å². The molecule has 38 heavy (non-hydrogen) atoms. The van der Waals surface area contributed by atoms with Gasteiger partial charge in [0.1, 0.15) is 17.3 Å². The molecule has 0 bridgehead atoms. The van der Waals surface area contributed by atoms with Crippen molar-refractivity contribution in [2.45, 2.75) is 19.9 Å². The highest BCUT2D eigenvalue weighted by Gasteiger charge is 2.47. The molecule has 1 saturated heterocycles. The zero-order valence-electron chi connectivity index (χ0n) is 21.5. The van der Waals surface area contributed by atoms with E-state index in [-0.39, 0.29) is 11.3 Å². The van der Waals surface area contributed by atoms with Crippen molar-refractivity contribution in [1.82, 2.24) is 0 Å². The van der Waals surface area contributed by atoms with Gasteiger partial charge in [0.2, 0.25) is 0 Å². The fraction of sp³-hybridized carbons (Fsp3) is 0.188. The highest BCUT2D eigenvalue weighted by molar-refractivity contribution is 6.51. The number of Topliss-reactive ketones (excluding diaryl/α,β-unsaturated/α-hetero) is 1. The molecular formula is C32H29NO5. The molecule has 1 fully saturated rings. The summed E-state index contributed by atoms with van der Waals surface area (Å²) in [5, 5.41) is 13.3. The van der Waals surface area contributed by atoms with Gasteiger partial charge in [-0.3, -0.25) is 14.5 Å². The average Bonchev–Trinajstić information content (AvgIpc) is 3.21. The molecule has 4 aromatic carbocycles. The van der Waals surface area contributed by atoms with Crippen LogP contribution < -0.4 is 14.4 Å². The number of amides is 1. The van der Waals surface area contributed by atoms with E-state index in [1.54, 1.807) is 61.7 Å². The number of ether oxygens (including phenoxy) is 2. The third kappa shape index (κ3) is 4.61. The second-order valence-corrected chi connectivity index (χ2v) is 9.67. The van der Waals surface area contributed by atoms with Gasteiger partial charge in [0.25, 0.3) is 11.7 Å². The van der Waals surface area contributed by atoms with Crippen molar-refractivity contribution < 1.29 is 24.2 Å². The molecule has 1 heterocycles. The van der Waals surface area contributed by atoms with Crippen LogP contribution in [0.5, 0.6) is 11.5 Å². The molecule has 6 nitrogen and oxygen atoms in total. The number of carbonyl (C=O) groups excluding carboxylic acids is 2. The molecule has 0 aromatic heterocycles. The number of ketones is 1. The van der Waals surface area contributed by atoms with Crippen molar-refractivity contribution in [2.75, 3.05) is 18.6 Å². The van der Waals surface area contributed by atoms with Crippen LogP contribution in [0.4, 0.5) is 5.69 Å². The molecule has 192 valence electrons. The average molecular weight is 508 g/mol. The van der Waals surface area contributed by atoms with Crippen LogP contribution in [0, 0.1) is 5.92 Å². The first kappa shape index (κ1) is 25.1. The minimum absolute atomic E-state index is 0.0386. The standard InChI is InChI=1S/C32H29NO5/c1-20(2)19-38-25-17-13-23(14-18-25)33-29(22-11-15-24(37-3)16-12-22)28(31(35)32(33)36)30(34)27-10-6-8-21-7-4-5-9-26(21)27/h4-18,20,29,34H,19H2,1-3H3/b30-28-. The van der Waals surface area contributed by atoms with Crippen molar-refractivity contribution in [3.63, 3.8) is 0 Å². The molecule has 0 spiro atoms. The van der Waals surface area contributed by atoms with Gasteiger partial charge in [0.05, 0.1) is 25.3 Å². The van der Waals surface area contributed by atoms with Crippen LogP contribution in [0.2, 0.25) is 0 Å². The first-order valence-electron chi connectivity index (χ1n) is 12.5. The topological polar surface area (TPSA) is 76.1 Å². The molecule has 5 rings (SSSR count). The smallest absolute Gasteiger partial charge is 0.300 e. The van der Waals surface area contributed by atoms with Gasteiger partial charge < -0.3 is 14.6 Å². The van der Waals surface area contributed by atoms with E-state index in [1.807, 2.05) is 36.4 Å². The van der Waals surface area contributed by atoms with Gasteiger partial charge in [-0.2, -0.15) is 0 Å². The first-order chi connectivity index (χ1) is 18.4. The molecule has 0 radical (unpaired) electrons. The number of hydrogen-bond acceptors (Lipinski definition) is 5. The molecule has 1 aliphatic rings. The highest BCUT2D eigenvalue weighted by atomic mass is 16.5. The molecule has 1 aliphatic heterocycles. The fourth-order valence-electron chi connectivity index (χ4n) is 4.74. The Morgan fingerprint density at radius 1 is 0.868 bits per heavy atom. The van der Waals surface area contributed by atoms with Gasteiger partial charge in [0.15, 0.2) is 0 Å². The summed E-state index contributed by atoms with van der Waals surface area (Å²) in [4.78, 5) is 28.5. The van der Waals surface area contributed by atoms with Crippen molar-refractivity contribution in [3.8, 4) is 11.5 Å². The number of aliphatic hydroxyl groups is 1. The van der Waals surface area contributed by atoms with E-state index in [0.29, 0.717) is 40.8 Å². The number of benzene rings is 4. The monoisotopic (exact) mass is 507 g/mol. The third-order valence-electron chi connectivity index (χ3n) is 6.62. The Kier molecular flexibility index (Phi) is 6.88. The Bertz CT molecular complexity index is 1510. The number of aliphatic hydroxyl groups excluding tert-OH is 1. The van der Waals surface area contributed by atoms with Crippen LogP contribution >= 0.6 is 0 Å². The summed E-state index contributed by atoms with van der Waals surface area (Å²) in [6.07, 6.45) is 0. The van der Waals surface area contributed by atoms with Crippen molar-refractivity contribution in [1.29, 1.82) is 0 Å². The second kappa shape index (κ2) is 10.4. The van der Waals surface area contributed by atoms with E-state index in [2.05, 4.69) is 13.8 Å². The zero-order chi connectivity index (χ0) is 26.8. The van der Waals surface area contributed by atoms with E-state index in [9.17, 15) is 14.7 Å². The van der Waals surface area contributed by atoms with E-state index in [4.69, 9.17) is 9.47 Å². The van der Waals surface area contributed by atoms with Crippen molar-refractivity contribution in [2.24, 2.45) is 5.92 Å². The summed E-state index contributed by atoms with van der Waals surface area (Å²) >= 11 is 0. The molecule has 6 heteroatoms. The summed E-state index contributed by atoms with van der Waals surface area (Å²) in [7, 11) is 1.57. The van der Waals surface area contributed by atoms with Crippen LogP contribution in [0.1, 0.15) is 31.0 Å².